The molecule has 3 rings (SSSR count). The second-order valence-corrected chi connectivity index (χ2v) is 9.37. The van der Waals surface area contributed by atoms with Gasteiger partial charge in [0.05, 0.1) is 18.7 Å². The van der Waals surface area contributed by atoms with Crippen LogP contribution in [-0.4, -0.2) is 63.4 Å². The molecule has 0 atom stereocenters. The SMILES string of the molecule is CCCOc1c(Cl)cc(C(=O)N2CCN(S(=O)(=O)c3c(F)cccc3F)CC2)cc1OC. The van der Waals surface area contributed by atoms with Crippen molar-refractivity contribution in [3.63, 3.8) is 0 Å². The number of hydrogen-bond acceptors (Lipinski definition) is 5. The van der Waals surface area contributed by atoms with E-state index in [9.17, 15) is 22.0 Å². The Morgan fingerprint density at radius 3 is 2.31 bits per heavy atom. The molecule has 2 aromatic rings. The van der Waals surface area contributed by atoms with Crippen LogP contribution in [-0.2, 0) is 10.0 Å². The molecule has 0 saturated carbocycles. The Morgan fingerprint density at radius 2 is 1.75 bits per heavy atom. The first kappa shape index (κ1) is 24.2. The predicted molar refractivity (Wildman–Crippen MR) is 115 cm³/mol. The third-order valence-corrected chi connectivity index (χ3v) is 7.20. The fraction of sp³-hybridized carbons (Fsp3) is 0.381. The molecule has 0 radical (unpaired) electrons. The first-order valence-electron chi connectivity index (χ1n) is 9.94. The molecular weight excluding hydrogens is 466 g/mol. The quantitative estimate of drug-likeness (QED) is 0.595. The van der Waals surface area contributed by atoms with Crippen molar-refractivity contribution in [1.82, 2.24) is 9.21 Å². The van der Waals surface area contributed by atoms with E-state index in [-0.39, 0.29) is 42.7 Å². The first-order valence-corrected chi connectivity index (χ1v) is 11.8. The third kappa shape index (κ3) is 4.82. The van der Waals surface area contributed by atoms with Crippen LogP contribution in [0.4, 0.5) is 8.78 Å². The van der Waals surface area contributed by atoms with E-state index in [0.29, 0.717) is 18.1 Å². The molecule has 0 aromatic heterocycles. The minimum Gasteiger partial charge on any atom is -0.493 e. The molecule has 1 aliphatic rings. The van der Waals surface area contributed by atoms with Crippen molar-refractivity contribution < 1.29 is 31.5 Å². The van der Waals surface area contributed by atoms with Crippen LogP contribution in [0.1, 0.15) is 23.7 Å². The summed E-state index contributed by atoms with van der Waals surface area (Å²) in [7, 11) is -2.95. The lowest BCUT2D eigenvalue weighted by Crippen LogP contribution is -2.50. The van der Waals surface area contributed by atoms with Gasteiger partial charge in [-0.2, -0.15) is 4.31 Å². The molecule has 0 unspecified atom stereocenters. The Labute approximate surface area is 190 Å². The number of ether oxygens (including phenoxy) is 2. The predicted octanol–water partition coefficient (Wildman–Crippen LogP) is 3.56. The van der Waals surface area contributed by atoms with Gasteiger partial charge in [-0.05, 0) is 30.7 Å². The topological polar surface area (TPSA) is 76.2 Å². The fourth-order valence-electron chi connectivity index (χ4n) is 3.36. The number of sulfonamides is 1. The van der Waals surface area contributed by atoms with Gasteiger partial charge in [-0.1, -0.05) is 24.6 Å². The molecule has 32 heavy (non-hydrogen) atoms. The number of carbonyl (C=O) groups excluding carboxylic acids is 1. The molecule has 0 bridgehead atoms. The van der Waals surface area contributed by atoms with E-state index < -0.39 is 26.6 Å². The van der Waals surface area contributed by atoms with E-state index in [1.165, 1.54) is 24.1 Å². The van der Waals surface area contributed by atoms with Crippen LogP contribution in [0, 0.1) is 11.6 Å². The number of nitrogens with zero attached hydrogens (tertiary/aromatic N) is 2. The summed E-state index contributed by atoms with van der Waals surface area (Å²) in [6.07, 6.45) is 0.768. The maximum Gasteiger partial charge on any atom is 0.254 e. The highest BCUT2D eigenvalue weighted by atomic mass is 35.5. The van der Waals surface area contributed by atoms with Crippen LogP contribution in [0.2, 0.25) is 5.02 Å². The largest absolute Gasteiger partial charge is 0.493 e. The van der Waals surface area contributed by atoms with Gasteiger partial charge in [-0.15, -0.1) is 0 Å². The van der Waals surface area contributed by atoms with E-state index in [1.807, 2.05) is 6.92 Å². The Kier molecular flexibility index (Phi) is 7.58. The molecule has 174 valence electrons. The number of rotatable bonds is 7. The third-order valence-electron chi connectivity index (χ3n) is 4.97. The monoisotopic (exact) mass is 488 g/mol. The van der Waals surface area contributed by atoms with Crippen LogP contribution < -0.4 is 9.47 Å². The zero-order valence-corrected chi connectivity index (χ0v) is 19.2. The molecular formula is C21H23ClF2N2O5S. The molecule has 1 heterocycles. The van der Waals surface area contributed by atoms with E-state index in [0.717, 1.165) is 28.9 Å². The van der Waals surface area contributed by atoms with Gasteiger partial charge in [0.2, 0.25) is 10.0 Å². The first-order chi connectivity index (χ1) is 15.2. The molecule has 0 spiro atoms. The van der Waals surface area contributed by atoms with Crippen LogP contribution in [0.5, 0.6) is 11.5 Å². The van der Waals surface area contributed by atoms with Gasteiger partial charge >= 0.3 is 0 Å². The lowest BCUT2D eigenvalue weighted by molar-refractivity contribution is 0.0697. The van der Waals surface area contributed by atoms with Gasteiger partial charge in [0.15, 0.2) is 16.4 Å². The summed E-state index contributed by atoms with van der Waals surface area (Å²) < 4.78 is 65.3. The molecule has 0 aliphatic carbocycles. The van der Waals surface area contributed by atoms with Crippen LogP contribution in [0.15, 0.2) is 35.2 Å². The van der Waals surface area contributed by atoms with E-state index in [2.05, 4.69) is 0 Å². The molecule has 1 amide bonds. The highest BCUT2D eigenvalue weighted by Crippen LogP contribution is 2.37. The van der Waals surface area contributed by atoms with Crippen molar-refractivity contribution in [2.75, 3.05) is 39.9 Å². The summed E-state index contributed by atoms with van der Waals surface area (Å²) >= 11 is 6.28. The number of piperazine rings is 1. The smallest absolute Gasteiger partial charge is 0.254 e. The number of halogens is 3. The van der Waals surface area contributed by atoms with E-state index >= 15 is 0 Å². The van der Waals surface area contributed by atoms with Crippen molar-refractivity contribution in [3.8, 4) is 11.5 Å². The van der Waals surface area contributed by atoms with Gasteiger partial charge in [0.1, 0.15) is 11.6 Å². The van der Waals surface area contributed by atoms with Gasteiger partial charge in [-0.3, -0.25) is 4.79 Å². The van der Waals surface area contributed by atoms with Crippen molar-refractivity contribution in [3.05, 3.63) is 52.6 Å². The Morgan fingerprint density at radius 1 is 1.12 bits per heavy atom. The van der Waals surface area contributed by atoms with Gasteiger partial charge in [0.25, 0.3) is 5.91 Å². The number of methoxy groups -OCH3 is 1. The van der Waals surface area contributed by atoms with Crippen LogP contribution in [0.3, 0.4) is 0 Å². The molecule has 1 fully saturated rings. The number of benzene rings is 2. The zero-order chi connectivity index (χ0) is 23.5. The standard InChI is InChI=1S/C21H23ClF2N2O5S/c1-3-11-31-19-15(22)12-14(13-18(19)30-2)21(27)25-7-9-26(10-8-25)32(28,29)20-16(23)5-4-6-17(20)24/h4-6,12-13H,3,7-11H2,1-2H3. The molecule has 11 heteroatoms. The Balaban J connectivity index is 1.75. The highest BCUT2D eigenvalue weighted by molar-refractivity contribution is 7.89. The molecule has 2 aromatic carbocycles. The number of hydrogen-bond donors (Lipinski definition) is 0. The summed E-state index contributed by atoms with van der Waals surface area (Å²) in [5.41, 5.74) is 0.257. The fourth-order valence-corrected chi connectivity index (χ4v) is 5.16. The zero-order valence-electron chi connectivity index (χ0n) is 17.6. The maximum absolute atomic E-state index is 14.0. The maximum atomic E-state index is 14.0. The summed E-state index contributed by atoms with van der Waals surface area (Å²) in [4.78, 5) is 13.4. The minimum atomic E-state index is -4.38. The van der Waals surface area contributed by atoms with Crippen molar-refractivity contribution in [2.45, 2.75) is 18.2 Å². The Bertz CT molecular complexity index is 1090. The average Bonchev–Trinajstić information content (AvgIpc) is 2.77. The second-order valence-electron chi connectivity index (χ2n) is 7.08. The summed E-state index contributed by atoms with van der Waals surface area (Å²) in [6, 6.07) is 5.85. The number of amides is 1. The van der Waals surface area contributed by atoms with Crippen LogP contribution in [0.25, 0.3) is 0 Å². The summed E-state index contributed by atoms with van der Waals surface area (Å²) in [5.74, 6) is -2.03. The minimum absolute atomic E-state index is 0.0438. The van der Waals surface area contributed by atoms with E-state index in [4.69, 9.17) is 21.1 Å². The van der Waals surface area contributed by atoms with Crippen molar-refractivity contribution >= 4 is 27.5 Å². The van der Waals surface area contributed by atoms with Gasteiger partial charge in [0, 0.05) is 31.7 Å². The lowest BCUT2D eigenvalue weighted by atomic mass is 10.1. The van der Waals surface area contributed by atoms with Gasteiger partial charge < -0.3 is 14.4 Å². The van der Waals surface area contributed by atoms with E-state index in [1.54, 1.807) is 0 Å². The highest BCUT2D eigenvalue weighted by Gasteiger charge is 2.34. The molecule has 7 nitrogen and oxygen atoms in total. The summed E-state index contributed by atoms with van der Waals surface area (Å²) in [6.45, 7) is 2.25. The average molecular weight is 489 g/mol. The molecule has 1 aliphatic heterocycles. The normalized spacial score (nSPS) is 15.0. The number of carbonyl (C=O) groups is 1. The lowest BCUT2D eigenvalue weighted by Gasteiger charge is -2.34. The van der Waals surface area contributed by atoms with Crippen molar-refractivity contribution in [1.29, 1.82) is 0 Å². The Hall–Kier alpha value is -2.43. The second kappa shape index (κ2) is 10.0. The van der Waals surface area contributed by atoms with Crippen molar-refractivity contribution in [2.24, 2.45) is 0 Å². The van der Waals surface area contributed by atoms with Crippen LogP contribution >= 0.6 is 11.6 Å². The summed E-state index contributed by atoms with van der Waals surface area (Å²) in [5, 5.41) is 0.220. The molecule has 1 saturated heterocycles. The van der Waals surface area contributed by atoms with Gasteiger partial charge in [-0.25, -0.2) is 17.2 Å². The molecule has 0 N–H and O–H groups in total.